The zero-order valence-corrected chi connectivity index (χ0v) is 11.9. The lowest BCUT2D eigenvalue weighted by Gasteiger charge is -2.21. The fourth-order valence-corrected chi connectivity index (χ4v) is 2.08. The lowest BCUT2D eigenvalue weighted by molar-refractivity contribution is -0.144. The van der Waals surface area contributed by atoms with Gasteiger partial charge in [-0.15, -0.1) is 0 Å². The fourth-order valence-electron chi connectivity index (χ4n) is 1.90. The second-order valence-electron chi connectivity index (χ2n) is 4.64. The van der Waals surface area contributed by atoms with Gasteiger partial charge in [-0.3, -0.25) is 9.59 Å². The predicted octanol–water partition coefficient (Wildman–Crippen LogP) is 2.21. The molecule has 1 aromatic carbocycles. The van der Waals surface area contributed by atoms with E-state index in [1.165, 1.54) is 23.1 Å². The first-order chi connectivity index (χ1) is 9.52. The minimum Gasteiger partial charge on any atom is -0.506 e. The van der Waals surface area contributed by atoms with Gasteiger partial charge in [0, 0.05) is 11.6 Å². The number of esters is 1. The third-order valence-corrected chi connectivity index (χ3v) is 3.35. The molecule has 0 saturated heterocycles. The topological polar surface area (TPSA) is 66.8 Å². The first kappa shape index (κ1) is 14.7. The Bertz CT molecular complexity index is 528. The van der Waals surface area contributed by atoms with Crippen molar-refractivity contribution in [2.45, 2.75) is 25.8 Å². The number of ether oxygens (including phenoxy) is 1. The first-order valence-corrected chi connectivity index (χ1v) is 6.85. The van der Waals surface area contributed by atoms with Crippen molar-refractivity contribution in [3.63, 3.8) is 0 Å². The molecule has 1 saturated carbocycles. The van der Waals surface area contributed by atoms with E-state index in [2.05, 4.69) is 0 Å². The number of aromatic hydroxyl groups is 1. The van der Waals surface area contributed by atoms with E-state index < -0.39 is 5.97 Å². The lowest BCUT2D eigenvalue weighted by atomic mass is 10.2. The standard InChI is InChI=1S/C14H16ClNO4/c1-2-20-13(18)8-16(10-4-5-10)14(19)9-3-6-12(17)11(15)7-9/h3,6-7,10,17H,2,4-5,8H2,1H3. The second-order valence-corrected chi connectivity index (χ2v) is 5.04. The molecular weight excluding hydrogens is 282 g/mol. The van der Waals surface area contributed by atoms with E-state index >= 15 is 0 Å². The summed E-state index contributed by atoms with van der Waals surface area (Å²) in [5.74, 6) is -0.772. The van der Waals surface area contributed by atoms with Crippen LogP contribution in [-0.2, 0) is 9.53 Å². The number of nitrogens with zero attached hydrogens (tertiary/aromatic N) is 1. The van der Waals surface area contributed by atoms with Crippen LogP contribution in [-0.4, -0.2) is 41.1 Å². The van der Waals surface area contributed by atoms with Crippen LogP contribution in [0.5, 0.6) is 5.75 Å². The molecule has 1 aliphatic rings. The van der Waals surface area contributed by atoms with Crippen molar-refractivity contribution >= 4 is 23.5 Å². The third kappa shape index (κ3) is 3.42. The van der Waals surface area contributed by atoms with Crippen LogP contribution >= 0.6 is 11.6 Å². The molecule has 20 heavy (non-hydrogen) atoms. The summed E-state index contributed by atoms with van der Waals surface area (Å²) in [7, 11) is 0. The third-order valence-electron chi connectivity index (χ3n) is 3.05. The summed E-state index contributed by atoms with van der Waals surface area (Å²) in [6.45, 7) is 1.95. The van der Waals surface area contributed by atoms with Crippen LogP contribution in [0.3, 0.4) is 0 Å². The quantitative estimate of drug-likeness (QED) is 0.846. The summed E-state index contributed by atoms with van der Waals surface area (Å²) < 4.78 is 4.88. The Morgan fingerprint density at radius 3 is 2.70 bits per heavy atom. The molecule has 2 rings (SSSR count). The molecular formula is C14H16ClNO4. The minimum atomic E-state index is -0.419. The van der Waals surface area contributed by atoms with E-state index in [1.54, 1.807) is 6.92 Å². The summed E-state index contributed by atoms with van der Waals surface area (Å²) in [5, 5.41) is 9.48. The molecule has 0 atom stereocenters. The van der Waals surface area contributed by atoms with E-state index in [-0.39, 0.29) is 35.9 Å². The number of carbonyl (C=O) groups excluding carboxylic acids is 2. The number of phenolic OH excluding ortho intramolecular Hbond substituents is 1. The van der Waals surface area contributed by atoms with Gasteiger partial charge in [0.15, 0.2) is 0 Å². The Labute approximate surface area is 122 Å². The highest BCUT2D eigenvalue weighted by atomic mass is 35.5. The molecule has 0 heterocycles. The van der Waals surface area contributed by atoms with Crippen LogP contribution in [0.25, 0.3) is 0 Å². The van der Waals surface area contributed by atoms with E-state index in [4.69, 9.17) is 16.3 Å². The van der Waals surface area contributed by atoms with Gasteiger partial charge in [-0.1, -0.05) is 11.6 Å². The van der Waals surface area contributed by atoms with E-state index in [9.17, 15) is 14.7 Å². The molecule has 5 nitrogen and oxygen atoms in total. The highest BCUT2D eigenvalue weighted by molar-refractivity contribution is 6.32. The monoisotopic (exact) mass is 297 g/mol. The number of halogens is 1. The lowest BCUT2D eigenvalue weighted by Crippen LogP contribution is -2.38. The number of rotatable bonds is 5. The van der Waals surface area contributed by atoms with Gasteiger partial charge in [-0.05, 0) is 38.0 Å². The zero-order valence-electron chi connectivity index (χ0n) is 11.1. The minimum absolute atomic E-state index is 0.0597. The van der Waals surface area contributed by atoms with Gasteiger partial charge >= 0.3 is 5.97 Å². The van der Waals surface area contributed by atoms with Gasteiger partial charge in [-0.2, -0.15) is 0 Å². The zero-order chi connectivity index (χ0) is 14.7. The maximum Gasteiger partial charge on any atom is 0.325 e. The van der Waals surface area contributed by atoms with Crippen LogP contribution < -0.4 is 0 Å². The molecule has 1 N–H and O–H groups in total. The molecule has 0 aliphatic heterocycles. The van der Waals surface area contributed by atoms with Crippen LogP contribution in [0.1, 0.15) is 30.1 Å². The fraction of sp³-hybridized carbons (Fsp3) is 0.429. The smallest absolute Gasteiger partial charge is 0.325 e. The normalized spacial score (nSPS) is 13.9. The predicted molar refractivity (Wildman–Crippen MR) is 73.8 cm³/mol. The van der Waals surface area contributed by atoms with Crippen LogP contribution in [0.4, 0.5) is 0 Å². The molecule has 1 aromatic rings. The number of hydrogen-bond acceptors (Lipinski definition) is 4. The highest BCUT2D eigenvalue weighted by Gasteiger charge is 2.34. The Hall–Kier alpha value is -1.75. The first-order valence-electron chi connectivity index (χ1n) is 6.48. The van der Waals surface area contributed by atoms with Gasteiger partial charge in [0.25, 0.3) is 5.91 Å². The van der Waals surface area contributed by atoms with Gasteiger partial charge in [0.1, 0.15) is 12.3 Å². The molecule has 0 spiro atoms. The highest BCUT2D eigenvalue weighted by Crippen LogP contribution is 2.30. The molecule has 0 unspecified atom stereocenters. The Morgan fingerprint density at radius 1 is 1.45 bits per heavy atom. The van der Waals surface area contributed by atoms with Crippen molar-refractivity contribution in [1.29, 1.82) is 0 Å². The summed E-state index contributed by atoms with van der Waals surface area (Å²) in [6, 6.07) is 4.34. The number of carbonyl (C=O) groups is 2. The van der Waals surface area contributed by atoms with E-state index in [0.717, 1.165) is 12.8 Å². The van der Waals surface area contributed by atoms with Crippen LogP contribution in [0, 0.1) is 0 Å². The summed E-state index contributed by atoms with van der Waals surface area (Å²) in [4.78, 5) is 25.5. The van der Waals surface area contributed by atoms with Gasteiger partial charge < -0.3 is 14.7 Å². The van der Waals surface area contributed by atoms with Crippen molar-refractivity contribution in [2.24, 2.45) is 0 Å². The Morgan fingerprint density at radius 2 is 2.15 bits per heavy atom. The molecule has 108 valence electrons. The van der Waals surface area contributed by atoms with Crippen molar-refractivity contribution in [2.75, 3.05) is 13.2 Å². The van der Waals surface area contributed by atoms with Crippen molar-refractivity contribution in [1.82, 2.24) is 4.90 Å². The maximum atomic E-state index is 12.4. The SMILES string of the molecule is CCOC(=O)CN(C(=O)c1ccc(O)c(Cl)c1)C1CC1. The number of amides is 1. The molecule has 0 aromatic heterocycles. The molecule has 0 radical (unpaired) electrons. The second kappa shape index (κ2) is 6.13. The van der Waals surface area contributed by atoms with Crippen molar-refractivity contribution in [3.05, 3.63) is 28.8 Å². The Balaban J connectivity index is 2.14. The molecule has 6 heteroatoms. The average molecular weight is 298 g/mol. The van der Waals surface area contributed by atoms with Crippen LogP contribution in [0.15, 0.2) is 18.2 Å². The van der Waals surface area contributed by atoms with E-state index in [1.807, 2.05) is 0 Å². The molecule has 1 amide bonds. The summed E-state index contributed by atoms with van der Waals surface area (Å²) >= 11 is 5.80. The maximum absolute atomic E-state index is 12.4. The van der Waals surface area contributed by atoms with Gasteiger partial charge in [-0.25, -0.2) is 0 Å². The van der Waals surface area contributed by atoms with E-state index in [0.29, 0.717) is 5.56 Å². The largest absolute Gasteiger partial charge is 0.506 e. The molecule has 0 bridgehead atoms. The van der Waals surface area contributed by atoms with Gasteiger partial charge in [0.05, 0.1) is 11.6 Å². The number of hydrogen-bond donors (Lipinski definition) is 1. The van der Waals surface area contributed by atoms with Crippen LogP contribution in [0.2, 0.25) is 5.02 Å². The molecule has 1 fully saturated rings. The van der Waals surface area contributed by atoms with Gasteiger partial charge in [0.2, 0.25) is 0 Å². The van der Waals surface area contributed by atoms with Crippen molar-refractivity contribution in [3.8, 4) is 5.75 Å². The average Bonchev–Trinajstić information content (AvgIpc) is 3.23. The number of benzene rings is 1. The summed E-state index contributed by atoms with van der Waals surface area (Å²) in [5.41, 5.74) is 0.351. The Kier molecular flexibility index (Phi) is 4.49. The summed E-state index contributed by atoms with van der Waals surface area (Å²) in [6.07, 6.45) is 1.77. The molecule has 1 aliphatic carbocycles. The number of phenols is 1. The van der Waals surface area contributed by atoms with Crippen molar-refractivity contribution < 1.29 is 19.4 Å².